The van der Waals surface area contributed by atoms with Gasteiger partial charge in [0.15, 0.2) is 10.4 Å². The lowest BCUT2D eigenvalue weighted by molar-refractivity contribution is -0.122. The molecule has 0 aliphatic heterocycles. The molecule has 0 unspecified atom stereocenters. The van der Waals surface area contributed by atoms with Gasteiger partial charge >= 0.3 is 0 Å². The highest BCUT2D eigenvalue weighted by atomic mass is 35.5. The quantitative estimate of drug-likeness (QED) is 0.851. The van der Waals surface area contributed by atoms with Gasteiger partial charge in [-0.3, -0.25) is 9.36 Å². The molecule has 1 aliphatic rings. The van der Waals surface area contributed by atoms with Crippen LogP contribution in [0, 0.1) is 10.7 Å². The fraction of sp³-hybridized carbons (Fsp3) is 0.417. The van der Waals surface area contributed by atoms with Crippen molar-refractivity contribution >= 4 is 40.9 Å². The van der Waals surface area contributed by atoms with Gasteiger partial charge < -0.3 is 10.3 Å². The third-order valence-electron chi connectivity index (χ3n) is 3.16. The van der Waals surface area contributed by atoms with Gasteiger partial charge in [-0.2, -0.15) is 0 Å². The zero-order chi connectivity index (χ0) is 13.4. The van der Waals surface area contributed by atoms with Gasteiger partial charge in [0.2, 0.25) is 5.91 Å². The number of aromatic amines is 1. The number of nitrogens with one attached hydrogen (secondary N) is 2. The average Bonchev–Trinajstić information content (AvgIpc) is 3.16. The predicted molar refractivity (Wildman–Crippen MR) is 75.7 cm³/mol. The molecule has 0 aromatic carbocycles. The van der Waals surface area contributed by atoms with Crippen LogP contribution in [0.25, 0.3) is 11.2 Å². The maximum atomic E-state index is 11.5. The Kier molecular flexibility index (Phi) is 3.28. The Morgan fingerprint density at radius 2 is 2.42 bits per heavy atom. The molecule has 2 N–H and O–H groups in total. The lowest BCUT2D eigenvalue weighted by atomic mass is 10.4. The second kappa shape index (κ2) is 4.94. The topological polar surface area (TPSA) is 62.7 Å². The van der Waals surface area contributed by atoms with Crippen LogP contribution in [0.1, 0.15) is 12.8 Å². The van der Waals surface area contributed by atoms with Gasteiger partial charge in [-0.15, -0.1) is 0 Å². The summed E-state index contributed by atoms with van der Waals surface area (Å²) in [6.45, 7) is 1.16. The molecular weight excluding hydrogens is 284 g/mol. The molecule has 1 aliphatic carbocycles. The molecule has 2 aromatic rings. The third kappa shape index (κ3) is 2.64. The number of amides is 1. The number of hydrogen-bond donors (Lipinski definition) is 2. The van der Waals surface area contributed by atoms with Crippen LogP contribution in [-0.2, 0) is 11.3 Å². The standard InChI is InChI=1S/C12H13ClN4OS/c13-8-5-9-10(15-6-8)17(12(19)16-9)4-3-14-11(18)7-1-2-7/h5-7H,1-4H2,(H,14,18)(H,16,19). The molecule has 2 aromatic heterocycles. The van der Waals surface area contributed by atoms with E-state index < -0.39 is 0 Å². The first kappa shape index (κ1) is 12.6. The van der Waals surface area contributed by atoms with E-state index in [0.717, 1.165) is 24.0 Å². The van der Waals surface area contributed by atoms with E-state index in [-0.39, 0.29) is 11.8 Å². The summed E-state index contributed by atoms with van der Waals surface area (Å²) in [5.74, 6) is 0.371. The summed E-state index contributed by atoms with van der Waals surface area (Å²) in [6.07, 6.45) is 3.61. The largest absolute Gasteiger partial charge is 0.354 e. The van der Waals surface area contributed by atoms with Gasteiger partial charge in [0.05, 0.1) is 10.5 Å². The Bertz CT molecular complexity index is 689. The Morgan fingerprint density at radius 1 is 1.63 bits per heavy atom. The smallest absolute Gasteiger partial charge is 0.223 e. The van der Waals surface area contributed by atoms with Crippen molar-refractivity contribution in [2.24, 2.45) is 5.92 Å². The SMILES string of the molecule is O=C(NCCn1c(=S)[nH]c2cc(Cl)cnc21)C1CC1. The minimum Gasteiger partial charge on any atom is -0.354 e. The molecular formula is C12H13ClN4OS. The number of aromatic nitrogens is 3. The van der Waals surface area contributed by atoms with E-state index in [0.29, 0.717) is 22.9 Å². The fourth-order valence-corrected chi connectivity index (χ4v) is 2.45. The summed E-state index contributed by atoms with van der Waals surface area (Å²) >= 11 is 11.1. The molecule has 0 atom stereocenters. The summed E-state index contributed by atoms with van der Waals surface area (Å²) in [4.78, 5) is 18.9. The number of carbonyl (C=O) groups is 1. The number of hydrogen-bond acceptors (Lipinski definition) is 3. The Hall–Kier alpha value is -1.40. The minimum absolute atomic E-state index is 0.141. The van der Waals surface area contributed by atoms with Crippen LogP contribution < -0.4 is 5.32 Å². The number of fused-ring (bicyclic) bond motifs is 1. The molecule has 2 heterocycles. The number of nitrogens with zero attached hydrogens (tertiary/aromatic N) is 2. The second-order valence-electron chi connectivity index (χ2n) is 4.67. The number of halogens is 1. The molecule has 1 saturated carbocycles. The van der Waals surface area contributed by atoms with Crippen molar-refractivity contribution in [1.29, 1.82) is 0 Å². The first-order chi connectivity index (χ1) is 9.15. The lowest BCUT2D eigenvalue weighted by Crippen LogP contribution is -2.28. The van der Waals surface area contributed by atoms with E-state index in [4.69, 9.17) is 23.8 Å². The summed E-state index contributed by atoms with van der Waals surface area (Å²) < 4.78 is 2.46. The van der Waals surface area contributed by atoms with E-state index in [1.807, 2.05) is 4.57 Å². The van der Waals surface area contributed by atoms with Crippen molar-refractivity contribution in [3.63, 3.8) is 0 Å². The highest BCUT2D eigenvalue weighted by molar-refractivity contribution is 7.71. The van der Waals surface area contributed by atoms with Crippen molar-refractivity contribution in [2.45, 2.75) is 19.4 Å². The number of rotatable bonds is 4. The van der Waals surface area contributed by atoms with Gasteiger partial charge in [-0.05, 0) is 31.1 Å². The molecule has 0 saturated heterocycles. The Labute approximate surface area is 120 Å². The van der Waals surface area contributed by atoms with Crippen molar-refractivity contribution in [1.82, 2.24) is 19.9 Å². The molecule has 5 nitrogen and oxygen atoms in total. The zero-order valence-electron chi connectivity index (χ0n) is 10.1. The normalized spacial score (nSPS) is 14.8. The van der Waals surface area contributed by atoms with Crippen LogP contribution in [0.15, 0.2) is 12.3 Å². The van der Waals surface area contributed by atoms with Crippen molar-refractivity contribution in [3.8, 4) is 0 Å². The van der Waals surface area contributed by atoms with Crippen LogP contribution in [0.4, 0.5) is 0 Å². The number of pyridine rings is 1. The van der Waals surface area contributed by atoms with Crippen LogP contribution in [-0.4, -0.2) is 27.0 Å². The van der Waals surface area contributed by atoms with Gasteiger partial charge in [-0.1, -0.05) is 11.6 Å². The van der Waals surface area contributed by atoms with Crippen molar-refractivity contribution in [3.05, 3.63) is 22.1 Å². The van der Waals surface area contributed by atoms with E-state index in [1.54, 1.807) is 12.3 Å². The summed E-state index contributed by atoms with van der Waals surface area (Å²) in [7, 11) is 0. The monoisotopic (exact) mass is 296 g/mol. The van der Waals surface area contributed by atoms with Crippen LogP contribution in [0.3, 0.4) is 0 Å². The number of imidazole rings is 1. The highest BCUT2D eigenvalue weighted by Gasteiger charge is 2.29. The number of carbonyl (C=O) groups excluding carboxylic acids is 1. The molecule has 3 rings (SSSR count). The second-order valence-corrected chi connectivity index (χ2v) is 5.49. The molecule has 0 radical (unpaired) electrons. The Balaban J connectivity index is 1.74. The first-order valence-electron chi connectivity index (χ1n) is 6.17. The van der Waals surface area contributed by atoms with Crippen LogP contribution >= 0.6 is 23.8 Å². The molecule has 1 amide bonds. The molecule has 100 valence electrons. The zero-order valence-corrected chi connectivity index (χ0v) is 11.7. The maximum absolute atomic E-state index is 11.5. The van der Waals surface area contributed by atoms with Crippen molar-refractivity contribution in [2.75, 3.05) is 6.54 Å². The van der Waals surface area contributed by atoms with Gasteiger partial charge in [0, 0.05) is 25.2 Å². The molecule has 19 heavy (non-hydrogen) atoms. The fourth-order valence-electron chi connectivity index (χ4n) is 2.01. The van der Waals surface area contributed by atoms with Gasteiger partial charge in [-0.25, -0.2) is 4.98 Å². The van der Waals surface area contributed by atoms with E-state index >= 15 is 0 Å². The van der Waals surface area contributed by atoms with Crippen LogP contribution in [0.2, 0.25) is 5.02 Å². The van der Waals surface area contributed by atoms with Crippen molar-refractivity contribution < 1.29 is 4.79 Å². The van der Waals surface area contributed by atoms with E-state index in [2.05, 4.69) is 15.3 Å². The molecule has 1 fully saturated rings. The first-order valence-corrected chi connectivity index (χ1v) is 6.95. The molecule has 0 bridgehead atoms. The van der Waals surface area contributed by atoms with Crippen LogP contribution in [0.5, 0.6) is 0 Å². The lowest BCUT2D eigenvalue weighted by Gasteiger charge is -2.05. The molecule has 7 heteroatoms. The van der Waals surface area contributed by atoms with Gasteiger partial charge in [0.25, 0.3) is 0 Å². The number of H-pyrrole nitrogens is 1. The van der Waals surface area contributed by atoms with E-state index in [9.17, 15) is 4.79 Å². The minimum atomic E-state index is 0.141. The summed E-state index contributed by atoms with van der Waals surface area (Å²) in [6, 6.07) is 1.79. The summed E-state index contributed by atoms with van der Waals surface area (Å²) in [5, 5.41) is 3.48. The summed E-state index contributed by atoms with van der Waals surface area (Å²) in [5.41, 5.74) is 1.57. The van der Waals surface area contributed by atoms with E-state index in [1.165, 1.54) is 0 Å². The third-order valence-corrected chi connectivity index (χ3v) is 3.69. The van der Waals surface area contributed by atoms with Gasteiger partial charge in [0.1, 0.15) is 0 Å². The Morgan fingerprint density at radius 3 is 3.16 bits per heavy atom. The molecule has 0 spiro atoms. The highest BCUT2D eigenvalue weighted by Crippen LogP contribution is 2.28. The predicted octanol–water partition coefficient (Wildman–Crippen LogP) is 2.27. The average molecular weight is 297 g/mol. The maximum Gasteiger partial charge on any atom is 0.223 e.